The Morgan fingerprint density at radius 1 is 1.03 bits per heavy atom. The number of para-hydroxylation sites is 1. The molecule has 5 nitrogen and oxygen atoms in total. The fourth-order valence-electron chi connectivity index (χ4n) is 3.79. The topological polar surface area (TPSA) is 62.5 Å². The van der Waals surface area contributed by atoms with E-state index in [-0.39, 0.29) is 26.1 Å². The summed E-state index contributed by atoms with van der Waals surface area (Å²) in [6.45, 7) is -0.171. The third kappa shape index (κ3) is 3.02. The van der Waals surface area contributed by atoms with Crippen molar-refractivity contribution < 1.29 is 32.3 Å². The number of rotatable bonds is 3. The predicted octanol–water partition coefficient (Wildman–Crippen LogP) is 3.48. The molecule has 29 heavy (non-hydrogen) atoms. The minimum atomic E-state index is -2.04. The molecule has 0 atom stereocenters. The Balaban J connectivity index is 1.75. The van der Waals surface area contributed by atoms with E-state index in [1.807, 2.05) is 0 Å². The van der Waals surface area contributed by atoms with Gasteiger partial charge in [-0.25, -0.2) is 17.6 Å². The molecule has 0 unspecified atom stereocenters. The molecule has 0 bridgehead atoms. The zero-order valence-corrected chi connectivity index (χ0v) is 14.9. The first-order valence-electron chi connectivity index (χ1n) is 8.72. The highest BCUT2D eigenvalue weighted by atomic mass is 19.2. The third-order valence-electron chi connectivity index (χ3n) is 5.08. The molecule has 0 spiro atoms. The van der Waals surface area contributed by atoms with Gasteiger partial charge in [-0.1, -0.05) is 18.2 Å². The summed E-state index contributed by atoms with van der Waals surface area (Å²) < 4.78 is 55.9. The van der Waals surface area contributed by atoms with Crippen LogP contribution in [0.2, 0.25) is 0 Å². The van der Waals surface area contributed by atoms with Crippen LogP contribution in [-0.4, -0.2) is 33.0 Å². The van der Waals surface area contributed by atoms with Gasteiger partial charge in [-0.15, -0.1) is 0 Å². The van der Waals surface area contributed by atoms with Crippen molar-refractivity contribution in [1.82, 2.24) is 9.47 Å². The second-order valence-corrected chi connectivity index (χ2v) is 6.75. The first-order valence-corrected chi connectivity index (χ1v) is 8.72. The molecular formula is C20H14F4N2O3. The van der Waals surface area contributed by atoms with E-state index in [1.54, 1.807) is 28.8 Å². The van der Waals surface area contributed by atoms with Gasteiger partial charge in [0, 0.05) is 41.7 Å². The Kier molecular flexibility index (Phi) is 4.52. The van der Waals surface area contributed by atoms with E-state index < -0.39 is 40.7 Å². The third-order valence-corrected chi connectivity index (χ3v) is 5.08. The smallest absolute Gasteiger partial charge is 0.323 e. The number of carbonyl (C=O) groups is 2. The lowest BCUT2D eigenvalue weighted by Crippen LogP contribution is -2.37. The molecule has 9 heteroatoms. The fourth-order valence-corrected chi connectivity index (χ4v) is 3.79. The Morgan fingerprint density at radius 2 is 1.76 bits per heavy atom. The summed E-state index contributed by atoms with van der Waals surface area (Å²) in [7, 11) is 0. The van der Waals surface area contributed by atoms with Gasteiger partial charge in [0.2, 0.25) is 0 Å². The van der Waals surface area contributed by atoms with Gasteiger partial charge in [0.1, 0.15) is 6.54 Å². The molecule has 2 aromatic carbocycles. The summed E-state index contributed by atoms with van der Waals surface area (Å²) in [5.74, 6) is -9.40. The summed E-state index contributed by atoms with van der Waals surface area (Å²) in [4.78, 5) is 25.2. The van der Waals surface area contributed by atoms with E-state index in [9.17, 15) is 32.3 Å². The summed E-state index contributed by atoms with van der Waals surface area (Å²) in [6, 6.07) is 7.40. The number of hydrogen-bond acceptors (Lipinski definition) is 2. The molecule has 0 aliphatic carbocycles. The van der Waals surface area contributed by atoms with Gasteiger partial charge in [-0.05, 0) is 12.1 Å². The number of carbonyl (C=O) groups excluding carboxylic acids is 1. The predicted molar refractivity (Wildman–Crippen MR) is 94.3 cm³/mol. The Hall–Kier alpha value is -3.36. The molecular weight excluding hydrogens is 392 g/mol. The van der Waals surface area contributed by atoms with Crippen LogP contribution in [0.3, 0.4) is 0 Å². The summed E-state index contributed by atoms with van der Waals surface area (Å²) in [6.07, 6.45) is 0.275. The maximum atomic E-state index is 14.0. The summed E-state index contributed by atoms with van der Waals surface area (Å²) >= 11 is 0. The van der Waals surface area contributed by atoms with Gasteiger partial charge in [-0.2, -0.15) is 0 Å². The van der Waals surface area contributed by atoms with Crippen LogP contribution in [0.1, 0.15) is 21.6 Å². The largest absolute Gasteiger partial charge is 0.480 e. The maximum Gasteiger partial charge on any atom is 0.323 e. The standard InChI is InChI=1S/C20H14F4N2O3/c21-13-7-11(17(22)19(24)18(13)23)20(29)25-6-5-15-12(8-25)10-3-1-2-4-14(10)26(15)9-16(27)28/h1-4,7H,5-6,8-9H2,(H,27,28). The molecule has 3 aromatic rings. The van der Waals surface area contributed by atoms with Crippen molar-refractivity contribution in [3.05, 3.63) is 70.4 Å². The number of carboxylic acid groups (broad SMARTS) is 1. The van der Waals surface area contributed by atoms with Crippen molar-refractivity contribution in [2.75, 3.05) is 6.54 Å². The zero-order chi connectivity index (χ0) is 20.9. The van der Waals surface area contributed by atoms with E-state index >= 15 is 0 Å². The van der Waals surface area contributed by atoms with E-state index in [4.69, 9.17) is 0 Å². The van der Waals surface area contributed by atoms with E-state index in [0.29, 0.717) is 17.1 Å². The van der Waals surface area contributed by atoms with Gasteiger partial charge in [-0.3, -0.25) is 9.59 Å². The average Bonchev–Trinajstić information content (AvgIpc) is 3.01. The molecule has 1 aromatic heterocycles. The number of amides is 1. The van der Waals surface area contributed by atoms with Crippen molar-refractivity contribution >= 4 is 22.8 Å². The summed E-state index contributed by atoms with van der Waals surface area (Å²) in [5.41, 5.74) is 1.21. The second-order valence-electron chi connectivity index (χ2n) is 6.75. The van der Waals surface area contributed by atoms with Crippen LogP contribution in [0.25, 0.3) is 10.9 Å². The van der Waals surface area contributed by atoms with Crippen molar-refractivity contribution in [2.24, 2.45) is 0 Å². The number of aliphatic carboxylic acids is 1. The lowest BCUT2D eigenvalue weighted by atomic mass is 10.0. The van der Waals surface area contributed by atoms with E-state index in [2.05, 4.69) is 0 Å². The van der Waals surface area contributed by atoms with Crippen molar-refractivity contribution in [2.45, 2.75) is 19.5 Å². The Labute approximate surface area is 161 Å². The molecule has 0 radical (unpaired) electrons. The number of nitrogens with zero attached hydrogens (tertiary/aromatic N) is 2. The molecule has 2 heterocycles. The molecule has 150 valence electrons. The maximum absolute atomic E-state index is 14.0. The molecule has 1 amide bonds. The van der Waals surface area contributed by atoms with Crippen LogP contribution in [0.5, 0.6) is 0 Å². The van der Waals surface area contributed by atoms with E-state index in [1.165, 1.54) is 4.90 Å². The highest BCUT2D eigenvalue weighted by molar-refractivity contribution is 5.95. The SMILES string of the molecule is O=C(O)Cn1c2c(c3ccccc31)CN(C(=O)c1cc(F)c(F)c(F)c1F)CC2. The number of aromatic nitrogens is 1. The monoisotopic (exact) mass is 406 g/mol. The van der Waals surface area contributed by atoms with Gasteiger partial charge < -0.3 is 14.6 Å². The minimum Gasteiger partial charge on any atom is -0.480 e. The number of carboxylic acids is 1. The van der Waals surface area contributed by atoms with Gasteiger partial charge in [0.15, 0.2) is 23.3 Å². The van der Waals surface area contributed by atoms with Gasteiger partial charge in [0.25, 0.3) is 5.91 Å². The zero-order valence-electron chi connectivity index (χ0n) is 14.9. The second kappa shape index (κ2) is 6.91. The first-order chi connectivity index (χ1) is 13.8. The average molecular weight is 406 g/mol. The molecule has 1 aliphatic rings. The normalized spacial score (nSPS) is 13.6. The van der Waals surface area contributed by atoms with Crippen LogP contribution in [-0.2, 0) is 24.3 Å². The summed E-state index contributed by atoms with van der Waals surface area (Å²) in [5, 5.41) is 9.95. The highest BCUT2D eigenvalue weighted by Gasteiger charge is 2.31. The number of benzene rings is 2. The van der Waals surface area contributed by atoms with Gasteiger partial charge in [0.05, 0.1) is 5.56 Å². The Bertz CT molecular complexity index is 1170. The molecule has 0 saturated carbocycles. The molecule has 0 saturated heterocycles. The lowest BCUT2D eigenvalue weighted by molar-refractivity contribution is -0.137. The first kappa shape index (κ1) is 19.0. The van der Waals surface area contributed by atoms with Crippen LogP contribution >= 0.6 is 0 Å². The molecule has 0 fully saturated rings. The fraction of sp³-hybridized carbons (Fsp3) is 0.200. The van der Waals surface area contributed by atoms with Crippen LogP contribution < -0.4 is 0 Å². The quantitative estimate of drug-likeness (QED) is 0.412. The van der Waals surface area contributed by atoms with E-state index in [0.717, 1.165) is 11.1 Å². The van der Waals surface area contributed by atoms with Crippen LogP contribution in [0.15, 0.2) is 30.3 Å². The van der Waals surface area contributed by atoms with Crippen molar-refractivity contribution in [3.8, 4) is 0 Å². The molecule has 4 rings (SSSR count). The number of hydrogen-bond donors (Lipinski definition) is 1. The van der Waals surface area contributed by atoms with Gasteiger partial charge >= 0.3 is 5.97 Å². The van der Waals surface area contributed by atoms with Crippen molar-refractivity contribution in [3.63, 3.8) is 0 Å². The Morgan fingerprint density at radius 3 is 2.48 bits per heavy atom. The lowest BCUT2D eigenvalue weighted by Gasteiger charge is -2.28. The highest BCUT2D eigenvalue weighted by Crippen LogP contribution is 2.32. The van der Waals surface area contributed by atoms with Crippen LogP contribution in [0, 0.1) is 23.3 Å². The van der Waals surface area contributed by atoms with Crippen LogP contribution in [0.4, 0.5) is 17.6 Å². The molecule has 1 aliphatic heterocycles. The molecule has 1 N–H and O–H groups in total. The number of fused-ring (bicyclic) bond motifs is 3. The van der Waals surface area contributed by atoms with Crippen molar-refractivity contribution in [1.29, 1.82) is 0 Å². The number of halogens is 4. The minimum absolute atomic E-state index is 0.00134.